The van der Waals surface area contributed by atoms with Gasteiger partial charge in [-0.3, -0.25) is 9.59 Å². The van der Waals surface area contributed by atoms with Gasteiger partial charge in [0.2, 0.25) is 11.8 Å². The number of benzene rings is 1. The molecule has 1 fully saturated rings. The van der Waals surface area contributed by atoms with E-state index in [0.29, 0.717) is 13.0 Å². The first-order chi connectivity index (χ1) is 10.3. The number of likely N-dealkylation sites (tertiary alicyclic amines) is 1. The number of nitrogens with zero attached hydrogens (tertiary/aromatic N) is 1. The van der Waals surface area contributed by atoms with Gasteiger partial charge >= 0.3 is 0 Å². The van der Waals surface area contributed by atoms with E-state index >= 15 is 0 Å². The van der Waals surface area contributed by atoms with E-state index in [1.807, 2.05) is 45.0 Å². The van der Waals surface area contributed by atoms with Crippen molar-refractivity contribution in [2.24, 2.45) is 5.73 Å². The third kappa shape index (κ3) is 2.93. The van der Waals surface area contributed by atoms with Gasteiger partial charge in [-0.05, 0) is 51.8 Å². The van der Waals surface area contributed by atoms with Gasteiger partial charge in [-0.25, -0.2) is 0 Å². The summed E-state index contributed by atoms with van der Waals surface area (Å²) in [4.78, 5) is 25.7. The molecular weight excluding hydrogens is 280 g/mol. The van der Waals surface area contributed by atoms with Crippen LogP contribution in [0.15, 0.2) is 24.3 Å². The fraction of sp³-hybridized carbons (Fsp3) is 0.529. The molecule has 0 saturated carbocycles. The van der Waals surface area contributed by atoms with Gasteiger partial charge in [0.1, 0.15) is 11.8 Å². The molecule has 22 heavy (non-hydrogen) atoms. The Morgan fingerprint density at radius 1 is 1.36 bits per heavy atom. The van der Waals surface area contributed by atoms with Gasteiger partial charge in [0.05, 0.1) is 11.5 Å². The van der Waals surface area contributed by atoms with E-state index in [1.54, 1.807) is 11.8 Å². The zero-order valence-electron chi connectivity index (χ0n) is 13.6. The lowest BCUT2D eigenvalue weighted by Crippen LogP contribution is -2.46. The highest BCUT2D eigenvalue weighted by molar-refractivity contribution is 5.94. The molecule has 2 atom stereocenters. The molecule has 1 aliphatic heterocycles. The van der Waals surface area contributed by atoms with Crippen LogP contribution in [-0.2, 0) is 15.0 Å². The molecule has 0 spiro atoms. The molecule has 1 aromatic carbocycles. The van der Waals surface area contributed by atoms with Crippen LogP contribution < -0.4 is 10.5 Å². The normalized spacial score (nSPS) is 23.0. The molecule has 0 aliphatic carbocycles. The highest BCUT2D eigenvalue weighted by Gasteiger charge is 2.46. The lowest BCUT2D eigenvalue weighted by molar-refractivity contribution is -0.138. The van der Waals surface area contributed by atoms with Crippen LogP contribution in [0, 0.1) is 0 Å². The Morgan fingerprint density at radius 3 is 2.64 bits per heavy atom. The van der Waals surface area contributed by atoms with E-state index < -0.39 is 17.4 Å². The zero-order valence-corrected chi connectivity index (χ0v) is 13.6. The van der Waals surface area contributed by atoms with Crippen molar-refractivity contribution in [1.29, 1.82) is 0 Å². The maximum Gasteiger partial charge on any atom is 0.239 e. The Morgan fingerprint density at radius 2 is 2.05 bits per heavy atom. The van der Waals surface area contributed by atoms with Gasteiger partial charge in [-0.15, -0.1) is 0 Å². The molecule has 2 rings (SSSR count). The van der Waals surface area contributed by atoms with Crippen molar-refractivity contribution < 1.29 is 14.3 Å². The summed E-state index contributed by atoms with van der Waals surface area (Å²) in [5.41, 5.74) is 5.60. The van der Waals surface area contributed by atoms with Crippen molar-refractivity contribution in [3.05, 3.63) is 29.8 Å². The van der Waals surface area contributed by atoms with Crippen LogP contribution in [0.1, 0.15) is 39.7 Å². The minimum Gasteiger partial charge on any atom is -0.491 e. The molecule has 0 aromatic heterocycles. The van der Waals surface area contributed by atoms with Crippen molar-refractivity contribution in [2.45, 2.75) is 51.7 Å². The molecule has 120 valence electrons. The number of primary amides is 1. The summed E-state index contributed by atoms with van der Waals surface area (Å²) in [6.45, 7) is 8.05. The van der Waals surface area contributed by atoms with Crippen LogP contribution in [-0.4, -0.2) is 35.4 Å². The van der Waals surface area contributed by atoms with Crippen molar-refractivity contribution in [3.63, 3.8) is 0 Å². The van der Waals surface area contributed by atoms with E-state index in [4.69, 9.17) is 10.5 Å². The van der Waals surface area contributed by atoms with Crippen molar-refractivity contribution in [3.8, 4) is 5.75 Å². The molecule has 1 saturated heterocycles. The molecule has 0 radical (unpaired) electrons. The largest absolute Gasteiger partial charge is 0.491 e. The minimum atomic E-state index is -0.639. The zero-order chi connectivity index (χ0) is 16.5. The summed E-state index contributed by atoms with van der Waals surface area (Å²) in [6.07, 6.45) is 0.739. The first-order valence-electron chi connectivity index (χ1n) is 7.63. The number of ether oxygens (including phenoxy) is 1. The Hall–Kier alpha value is -2.04. The lowest BCUT2D eigenvalue weighted by atomic mass is 9.81. The van der Waals surface area contributed by atoms with Crippen molar-refractivity contribution in [1.82, 2.24) is 4.90 Å². The number of hydrogen-bond donors (Lipinski definition) is 1. The Labute approximate surface area is 131 Å². The summed E-state index contributed by atoms with van der Waals surface area (Å²) in [7, 11) is 0. The molecule has 2 amide bonds. The average molecular weight is 304 g/mol. The minimum absolute atomic E-state index is 0.0551. The van der Waals surface area contributed by atoms with Gasteiger partial charge in [0.25, 0.3) is 0 Å². The Kier molecular flexibility index (Phi) is 4.44. The molecule has 2 N–H and O–H groups in total. The second-order valence-electron chi connectivity index (χ2n) is 6.35. The fourth-order valence-corrected chi connectivity index (χ4v) is 2.85. The van der Waals surface area contributed by atoms with Gasteiger partial charge in [0, 0.05) is 6.54 Å². The maximum atomic E-state index is 12.8. The maximum absolute atomic E-state index is 12.8. The summed E-state index contributed by atoms with van der Waals surface area (Å²) >= 11 is 0. The number of amides is 2. The molecule has 5 nitrogen and oxygen atoms in total. The van der Waals surface area contributed by atoms with Crippen LogP contribution in [0.25, 0.3) is 0 Å². The van der Waals surface area contributed by atoms with Gasteiger partial charge in [-0.2, -0.15) is 0 Å². The molecule has 1 aliphatic rings. The third-order valence-corrected chi connectivity index (χ3v) is 4.31. The lowest BCUT2D eigenvalue weighted by Gasteiger charge is -2.27. The predicted octanol–water partition coefficient (Wildman–Crippen LogP) is 1.84. The number of nitrogens with two attached hydrogens (primary N) is 1. The number of rotatable bonds is 5. The van der Waals surface area contributed by atoms with E-state index in [9.17, 15) is 9.59 Å². The van der Waals surface area contributed by atoms with E-state index in [2.05, 4.69) is 0 Å². The first-order valence-corrected chi connectivity index (χ1v) is 7.63. The number of carbonyl (C=O) groups excluding carboxylic acids is 2. The molecule has 0 bridgehead atoms. The topological polar surface area (TPSA) is 72.6 Å². The summed E-state index contributed by atoms with van der Waals surface area (Å²) in [5, 5.41) is 0. The predicted molar refractivity (Wildman–Crippen MR) is 84.5 cm³/mol. The van der Waals surface area contributed by atoms with E-state index in [1.165, 1.54) is 0 Å². The first kappa shape index (κ1) is 16.3. The molecule has 1 aromatic rings. The quantitative estimate of drug-likeness (QED) is 0.902. The molecule has 2 unspecified atom stereocenters. The van der Waals surface area contributed by atoms with Gasteiger partial charge in [0.15, 0.2) is 0 Å². The SMILES string of the molecule is CC(C)Oc1cccc(C2(C)CCN(C(C)C(N)=O)C2=O)c1. The van der Waals surface area contributed by atoms with E-state index in [-0.39, 0.29) is 12.0 Å². The standard InChI is InChI=1S/C17H24N2O3/c1-11(2)22-14-7-5-6-13(10-14)17(4)8-9-19(16(17)21)12(3)15(18)20/h5-7,10-12H,8-9H2,1-4H3,(H2,18,20). The Bertz CT molecular complexity index is 585. The number of hydrogen-bond acceptors (Lipinski definition) is 3. The van der Waals surface area contributed by atoms with Gasteiger partial charge in [-0.1, -0.05) is 12.1 Å². The second-order valence-corrected chi connectivity index (χ2v) is 6.35. The summed E-state index contributed by atoms with van der Waals surface area (Å²) < 4.78 is 5.71. The van der Waals surface area contributed by atoms with Crippen LogP contribution >= 0.6 is 0 Å². The second kappa shape index (κ2) is 5.99. The van der Waals surface area contributed by atoms with Crippen LogP contribution in [0.3, 0.4) is 0 Å². The van der Waals surface area contributed by atoms with Gasteiger partial charge < -0.3 is 15.4 Å². The number of carbonyl (C=O) groups is 2. The monoisotopic (exact) mass is 304 g/mol. The summed E-state index contributed by atoms with van der Waals surface area (Å²) in [6, 6.07) is 7.05. The van der Waals surface area contributed by atoms with Crippen LogP contribution in [0.4, 0.5) is 0 Å². The Balaban J connectivity index is 2.28. The highest BCUT2D eigenvalue weighted by atomic mass is 16.5. The third-order valence-electron chi connectivity index (χ3n) is 4.31. The van der Waals surface area contributed by atoms with Crippen LogP contribution in [0.2, 0.25) is 0 Å². The molecule has 5 heteroatoms. The van der Waals surface area contributed by atoms with E-state index in [0.717, 1.165) is 11.3 Å². The van der Waals surface area contributed by atoms with Crippen molar-refractivity contribution in [2.75, 3.05) is 6.54 Å². The van der Waals surface area contributed by atoms with Crippen LogP contribution in [0.5, 0.6) is 5.75 Å². The van der Waals surface area contributed by atoms with Crippen molar-refractivity contribution >= 4 is 11.8 Å². The smallest absolute Gasteiger partial charge is 0.239 e. The fourth-order valence-electron chi connectivity index (χ4n) is 2.85. The molecule has 1 heterocycles. The highest BCUT2D eigenvalue weighted by Crippen LogP contribution is 2.37. The molecular formula is C17H24N2O3. The average Bonchev–Trinajstić information content (AvgIpc) is 2.75. The summed E-state index contributed by atoms with van der Waals surface area (Å²) in [5.74, 6) is 0.220.